The average molecular weight is 463 g/mol. The number of anilines is 2. The number of nitrogens with zero attached hydrogens (tertiary/aromatic N) is 3. The Labute approximate surface area is 199 Å². The SMILES string of the molecule is NC(=O)c1ccccc1N(CCN1CCN(c2ccccc2)CC1)C(=O)c1ccc(Cl)cc1. The molecule has 2 N–H and O–H groups in total. The van der Waals surface area contributed by atoms with Crippen molar-refractivity contribution in [1.82, 2.24) is 4.90 Å². The number of halogens is 1. The Morgan fingerprint density at radius 3 is 2.15 bits per heavy atom. The highest BCUT2D eigenvalue weighted by Gasteiger charge is 2.24. The van der Waals surface area contributed by atoms with Crippen LogP contribution in [0.2, 0.25) is 5.02 Å². The van der Waals surface area contributed by atoms with E-state index in [1.165, 1.54) is 5.69 Å². The first-order valence-corrected chi connectivity index (χ1v) is 11.4. The molecule has 1 aliphatic rings. The molecule has 1 heterocycles. The summed E-state index contributed by atoms with van der Waals surface area (Å²) in [6.07, 6.45) is 0. The van der Waals surface area contributed by atoms with Crippen LogP contribution in [-0.2, 0) is 0 Å². The lowest BCUT2D eigenvalue weighted by atomic mass is 10.1. The Hall–Kier alpha value is -3.35. The zero-order valence-electron chi connectivity index (χ0n) is 18.4. The maximum Gasteiger partial charge on any atom is 0.258 e. The van der Waals surface area contributed by atoms with E-state index in [9.17, 15) is 9.59 Å². The van der Waals surface area contributed by atoms with E-state index in [-0.39, 0.29) is 5.91 Å². The molecule has 1 fully saturated rings. The van der Waals surface area contributed by atoms with Gasteiger partial charge < -0.3 is 15.5 Å². The van der Waals surface area contributed by atoms with E-state index >= 15 is 0 Å². The maximum absolute atomic E-state index is 13.4. The molecule has 0 saturated carbocycles. The van der Waals surface area contributed by atoms with E-state index in [4.69, 9.17) is 17.3 Å². The summed E-state index contributed by atoms with van der Waals surface area (Å²) in [4.78, 5) is 31.9. The van der Waals surface area contributed by atoms with Crippen molar-refractivity contribution in [2.24, 2.45) is 5.73 Å². The van der Waals surface area contributed by atoms with Crippen LogP contribution in [0.5, 0.6) is 0 Å². The van der Waals surface area contributed by atoms with Crippen molar-refractivity contribution in [2.75, 3.05) is 49.1 Å². The monoisotopic (exact) mass is 462 g/mol. The van der Waals surface area contributed by atoms with E-state index in [0.717, 1.165) is 26.2 Å². The van der Waals surface area contributed by atoms with Gasteiger partial charge in [0.2, 0.25) is 0 Å². The van der Waals surface area contributed by atoms with Gasteiger partial charge in [0, 0.05) is 55.5 Å². The molecule has 7 heteroatoms. The lowest BCUT2D eigenvalue weighted by Gasteiger charge is -2.37. The van der Waals surface area contributed by atoms with Crippen molar-refractivity contribution in [3.63, 3.8) is 0 Å². The number of rotatable bonds is 7. The first kappa shape index (κ1) is 22.8. The fourth-order valence-electron chi connectivity index (χ4n) is 4.11. The molecule has 3 aromatic carbocycles. The number of piperazine rings is 1. The summed E-state index contributed by atoms with van der Waals surface area (Å²) in [5.41, 5.74) is 8.19. The molecule has 170 valence electrons. The summed E-state index contributed by atoms with van der Waals surface area (Å²) in [5, 5.41) is 0.562. The molecule has 6 nitrogen and oxygen atoms in total. The highest BCUT2D eigenvalue weighted by atomic mass is 35.5. The standard InChI is InChI=1S/C26H27ClN4O2/c27-21-12-10-20(11-13-21)26(33)31(24-9-5-4-8-23(24)25(28)32)19-16-29-14-17-30(18-15-29)22-6-2-1-3-7-22/h1-13H,14-19H2,(H2,28,32). The third-order valence-electron chi connectivity index (χ3n) is 5.93. The van der Waals surface area contributed by atoms with E-state index in [0.29, 0.717) is 34.9 Å². The number of hydrogen-bond donors (Lipinski definition) is 1. The fraction of sp³-hybridized carbons (Fsp3) is 0.231. The zero-order valence-corrected chi connectivity index (χ0v) is 19.1. The zero-order chi connectivity index (χ0) is 23.2. The van der Waals surface area contributed by atoms with Crippen LogP contribution >= 0.6 is 11.6 Å². The number of nitrogens with two attached hydrogens (primary N) is 1. The third kappa shape index (κ3) is 5.53. The average Bonchev–Trinajstić information content (AvgIpc) is 2.85. The predicted molar refractivity (Wildman–Crippen MR) is 133 cm³/mol. The lowest BCUT2D eigenvalue weighted by molar-refractivity contribution is 0.0982. The van der Waals surface area contributed by atoms with Crippen molar-refractivity contribution < 1.29 is 9.59 Å². The van der Waals surface area contributed by atoms with E-state index in [1.807, 2.05) is 12.1 Å². The number of primary amides is 1. The van der Waals surface area contributed by atoms with Gasteiger partial charge in [-0.25, -0.2) is 0 Å². The molecular formula is C26H27ClN4O2. The normalized spacial score (nSPS) is 14.2. The minimum atomic E-state index is -0.559. The van der Waals surface area contributed by atoms with Crippen molar-refractivity contribution in [3.05, 3.63) is 95.0 Å². The summed E-state index contributed by atoms with van der Waals surface area (Å²) in [5.74, 6) is -0.751. The second-order valence-corrected chi connectivity index (χ2v) is 8.45. The smallest absolute Gasteiger partial charge is 0.258 e. The van der Waals surface area contributed by atoms with Gasteiger partial charge in [0.05, 0.1) is 11.3 Å². The summed E-state index contributed by atoms with van der Waals surface area (Å²) < 4.78 is 0. The van der Waals surface area contributed by atoms with E-state index in [2.05, 4.69) is 34.1 Å². The quantitative estimate of drug-likeness (QED) is 0.578. The molecule has 0 unspecified atom stereocenters. The number of carbonyl (C=O) groups is 2. The molecule has 0 radical (unpaired) electrons. The Bertz CT molecular complexity index is 1100. The fourth-order valence-corrected chi connectivity index (χ4v) is 4.23. The van der Waals surface area contributed by atoms with Crippen LogP contribution in [-0.4, -0.2) is 56.0 Å². The molecule has 0 aromatic heterocycles. The molecule has 33 heavy (non-hydrogen) atoms. The summed E-state index contributed by atoms with van der Waals surface area (Å²) in [6, 6.07) is 24.1. The van der Waals surface area contributed by atoms with Gasteiger partial charge in [0.15, 0.2) is 0 Å². The molecular weight excluding hydrogens is 436 g/mol. The summed E-state index contributed by atoms with van der Waals surface area (Å²) in [6.45, 7) is 4.77. The Morgan fingerprint density at radius 1 is 0.848 bits per heavy atom. The van der Waals surface area contributed by atoms with Gasteiger partial charge in [0.25, 0.3) is 11.8 Å². The molecule has 2 amide bonds. The molecule has 1 saturated heterocycles. The van der Waals surface area contributed by atoms with Crippen LogP contribution in [0, 0.1) is 0 Å². The van der Waals surface area contributed by atoms with Crippen molar-refractivity contribution in [1.29, 1.82) is 0 Å². The minimum absolute atomic E-state index is 0.191. The molecule has 1 aliphatic heterocycles. The first-order valence-electron chi connectivity index (χ1n) is 11.0. The van der Waals surface area contributed by atoms with Crippen LogP contribution in [0.25, 0.3) is 0 Å². The molecule has 4 rings (SSSR count). The minimum Gasteiger partial charge on any atom is -0.369 e. The Morgan fingerprint density at radius 2 is 1.48 bits per heavy atom. The van der Waals surface area contributed by atoms with Gasteiger partial charge in [-0.3, -0.25) is 14.5 Å². The van der Waals surface area contributed by atoms with Crippen LogP contribution in [0.15, 0.2) is 78.9 Å². The highest BCUT2D eigenvalue weighted by Crippen LogP contribution is 2.23. The molecule has 0 atom stereocenters. The summed E-state index contributed by atoms with van der Waals surface area (Å²) in [7, 11) is 0. The molecule has 3 aromatic rings. The van der Waals surface area contributed by atoms with Gasteiger partial charge >= 0.3 is 0 Å². The third-order valence-corrected chi connectivity index (χ3v) is 6.18. The van der Waals surface area contributed by atoms with Crippen molar-refractivity contribution in [3.8, 4) is 0 Å². The molecule has 0 bridgehead atoms. The largest absolute Gasteiger partial charge is 0.369 e. The van der Waals surface area contributed by atoms with Crippen LogP contribution < -0.4 is 15.5 Å². The van der Waals surface area contributed by atoms with Crippen molar-refractivity contribution >= 4 is 34.8 Å². The number of amides is 2. The second-order valence-electron chi connectivity index (χ2n) is 8.01. The Kier molecular flexibility index (Phi) is 7.27. The van der Waals surface area contributed by atoms with Crippen LogP contribution in [0.1, 0.15) is 20.7 Å². The maximum atomic E-state index is 13.4. The molecule has 0 spiro atoms. The topological polar surface area (TPSA) is 69.9 Å². The van der Waals surface area contributed by atoms with Crippen LogP contribution in [0.4, 0.5) is 11.4 Å². The lowest BCUT2D eigenvalue weighted by Crippen LogP contribution is -2.49. The van der Waals surface area contributed by atoms with Crippen molar-refractivity contribution in [2.45, 2.75) is 0 Å². The van der Waals surface area contributed by atoms with E-state index in [1.54, 1.807) is 47.4 Å². The number of benzene rings is 3. The van der Waals surface area contributed by atoms with Gasteiger partial charge in [-0.2, -0.15) is 0 Å². The first-order chi connectivity index (χ1) is 16.0. The highest BCUT2D eigenvalue weighted by molar-refractivity contribution is 6.30. The summed E-state index contributed by atoms with van der Waals surface area (Å²) >= 11 is 6.00. The predicted octanol–water partition coefficient (Wildman–Crippen LogP) is 3.91. The number of hydrogen-bond acceptors (Lipinski definition) is 4. The van der Waals surface area contributed by atoms with Gasteiger partial charge in [-0.15, -0.1) is 0 Å². The Balaban J connectivity index is 1.49. The number of carbonyl (C=O) groups excluding carboxylic acids is 2. The second kappa shape index (κ2) is 10.5. The van der Waals surface area contributed by atoms with Gasteiger partial charge in [-0.05, 0) is 48.5 Å². The molecule has 0 aliphatic carbocycles. The van der Waals surface area contributed by atoms with E-state index < -0.39 is 5.91 Å². The van der Waals surface area contributed by atoms with Gasteiger partial charge in [0.1, 0.15) is 0 Å². The van der Waals surface area contributed by atoms with Gasteiger partial charge in [-0.1, -0.05) is 41.9 Å². The van der Waals surface area contributed by atoms with Crippen LogP contribution in [0.3, 0.4) is 0 Å². The number of para-hydroxylation sites is 2.